The molecule has 0 saturated heterocycles. The van der Waals surface area contributed by atoms with Gasteiger partial charge in [0.1, 0.15) is 11.6 Å². The fourth-order valence-electron chi connectivity index (χ4n) is 2.41. The normalized spacial score (nSPS) is 17.1. The van der Waals surface area contributed by atoms with Crippen molar-refractivity contribution >= 4 is 28.9 Å². The zero-order chi connectivity index (χ0) is 14.3. The number of nitrogens with zero attached hydrogens (tertiary/aromatic N) is 2. The van der Waals surface area contributed by atoms with Crippen LogP contribution in [0.1, 0.15) is 27.0 Å². The van der Waals surface area contributed by atoms with Crippen LogP contribution in [0.5, 0.6) is 0 Å². The van der Waals surface area contributed by atoms with Gasteiger partial charge in [-0.1, -0.05) is 18.2 Å². The van der Waals surface area contributed by atoms with Gasteiger partial charge in [-0.25, -0.2) is 4.98 Å². The van der Waals surface area contributed by atoms with Crippen molar-refractivity contribution in [2.75, 3.05) is 11.4 Å². The summed E-state index contributed by atoms with van der Waals surface area (Å²) in [6, 6.07) is 7.12. The molecule has 0 aliphatic carbocycles. The van der Waals surface area contributed by atoms with E-state index < -0.39 is 11.9 Å². The monoisotopic (exact) mass is 288 g/mol. The van der Waals surface area contributed by atoms with Gasteiger partial charge in [0.15, 0.2) is 0 Å². The van der Waals surface area contributed by atoms with Crippen molar-refractivity contribution in [2.45, 2.75) is 12.8 Å². The van der Waals surface area contributed by atoms with Crippen molar-refractivity contribution in [3.05, 3.63) is 45.9 Å². The predicted octanol–water partition coefficient (Wildman–Crippen LogP) is 2.28. The number of hydrogen-bond acceptors (Lipinski definition) is 4. The number of aliphatic carboxylic acids is 1. The number of carbonyl (C=O) groups excluding carboxylic acids is 1. The Bertz CT molecular complexity index is 695. The lowest BCUT2D eigenvalue weighted by Crippen LogP contribution is -2.31. The van der Waals surface area contributed by atoms with Crippen LogP contribution < -0.4 is 4.90 Å². The molecule has 1 atom stereocenters. The van der Waals surface area contributed by atoms with Gasteiger partial charge in [0.05, 0.1) is 5.01 Å². The molecule has 2 heterocycles. The largest absolute Gasteiger partial charge is 0.481 e. The third-order valence-corrected chi connectivity index (χ3v) is 4.12. The third kappa shape index (κ3) is 1.98. The Hall–Kier alpha value is -2.21. The lowest BCUT2D eigenvalue weighted by Gasteiger charge is -2.15. The summed E-state index contributed by atoms with van der Waals surface area (Å²) in [6.07, 6.45) is 0. The molecular formula is C14H12N2O3S. The number of amides is 1. The summed E-state index contributed by atoms with van der Waals surface area (Å²) in [5.41, 5.74) is 1.71. The van der Waals surface area contributed by atoms with Crippen molar-refractivity contribution in [1.29, 1.82) is 0 Å². The van der Waals surface area contributed by atoms with Gasteiger partial charge in [0.25, 0.3) is 5.91 Å². The van der Waals surface area contributed by atoms with Crippen LogP contribution in [0.15, 0.2) is 29.6 Å². The highest BCUT2D eigenvalue weighted by Gasteiger charge is 2.37. The van der Waals surface area contributed by atoms with Crippen molar-refractivity contribution in [3.63, 3.8) is 0 Å². The SMILES string of the molecule is Cc1nc(C(=O)N2C[C@@H](C(=O)O)c3ccccc32)cs1. The number of para-hydroxylation sites is 1. The number of hydrogen-bond donors (Lipinski definition) is 1. The molecule has 2 aromatic rings. The van der Waals surface area contributed by atoms with Crippen LogP contribution in [0, 0.1) is 6.92 Å². The van der Waals surface area contributed by atoms with E-state index in [0.717, 1.165) is 5.01 Å². The number of carboxylic acid groups (broad SMARTS) is 1. The molecule has 0 saturated carbocycles. The summed E-state index contributed by atoms with van der Waals surface area (Å²) < 4.78 is 0. The van der Waals surface area contributed by atoms with E-state index in [1.54, 1.807) is 29.6 Å². The van der Waals surface area contributed by atoms with Gasteiger partial charge < -0.3 is 10.0 Å². The Morgan fingerprint density at radius 2 is 2.15 bits per heavy atom. The molecule has 0 spiro atoms. The Kier molecular flexibility index (Phi) is 3.02. The molecule has 20 heavy (non-hydrogen) atoms. The number of benzene rings is 1. The number of rotatable bonds is 2. The van der Waals surface area contributed by atoms with E-state index in [4.69, 9.17) is 0 Å². The Labute approximate surface area is 119 Å². The van der Waals surface area contributed by atoms with Gasteiger partial charge in [0.2, 0.25) is 0 Å². The molecule has 1 aromatic heterocycles. The van der Waals surface area contributed by atoms with Crippen LogP contribution in [0.25, 0.3) is 0 Å². The van der Waals surface area contributed by atoms with Gasteiger partial charge in [-0.3, -0.25) is 9.59 Å². The molecule has 1 aliphatic rings. The topological polar surface area (TPSA) is 70.5 Å². The summed E-state index contributed by atoms with van der Waals surface area (Å²) >= 11 is 1.40. The molecule has 0 unspecified atom stereocenters. The second-order valence-electron chi connectivity index (χ2n) is 4.62. The quantitative estimate of drug-likeness (QED) is 0.920. The first kappa shape index (κ1) is 12.8. The number of aromatic nitrogens is 1. The van der Waals surface area contributed by atoms with Crippen LogP contribution >= 0.6 is 11.3 Å². The lowest BCUT2D eigenvalue weighted by atomic mass is 10.0. The third-order valence-electron chi connectivity index (χ3n) is 3.35. The summed E-state index contributed by atoms with van der Waals surface area (Å²) in [7, 11) is 0. The first-order valence-corrected chi connectivity index (χ1v) is 7.01. The van der Waals surface area contributed by atoms with E-state index in [9.17, 15) is 14.7 Å². The molecule has 0 bridgehead atoms. The van der Waals surface area contributed by atoms with Gasteiger partial charge >= 0.3 is 5.97 Å². The smallest absolute Gasteiger partial charge is 0.312 e. The molecule has 3 rings (SSSR count). The Balaban J connectivity index is 2.00. The van der Waals surface area contributed by atoms with E-state index in [2.05, 4.69) is 4.98 Å². The minimum absolute atomic E-state index is 0.157. The van der Waals surface area contributed by atoms with Crippen LogP contribution in [0.2, 0.25) is 0 Å². The van der Waals surface area contributed by atoms with E-state index in [1.165, 1.54) is 16.2 Å². The van der Waals surface area contributed by atoms with Crippen LogP contribution in [0.3, 0.4) is 0 Å². The highest BCUT2D eigenvalue weighted by molar-refractivity contribution is 7.09. The molecular weight excluding hydrogens is 276 g/mol. The standard InChI is InChI=1S/C14H12N2O3S/c1-8-15-11(7-20-8)13(17)16-6-10(14(18)19)9-4-2-3-5-12(9)16/h2-5,7,10H,6H2,1H3,(H,18,19)/t10-/m1/s1. The van der Waals surface area contributed by atoms with Crippen LogP contribution in [0.4, 0.5) is 5.69 Å². The second kappa shape index (κ2) is 4.72. The molecule has 5 nitrogen and oxygen atoms in total. The van der Waals surface area contributed by atoms with Crippen LogP contribution in [-0.2, 0) is 4.79 Å². The van der Waals surface area contributed by atoms with Crippen molar-refractivity contribution in [1.82, 2.24) is 4.98 Å². The zero-order valence-corrected chi connectivity index (χ0v) is 11.6. The number of anilines is 1. The average molecular weight is 288 g/mol. The number of aryl methyl sites for hydroxylation is 1. The highest BCUT2D eigenvalue weighted by atomic mass is 32.1. The first-order chi connectivity index (χ1) is 9.58. The fourth-order valence-corrected chi connectivity index (χ4v) is 3.00. The molecule has 1 aromatic carbocycles. The molecule has 1 N–H and O–H groups in total. The van der Waals surface area contributed by atoms with Gasteiger partial charge in [-0.15, -0.1) is 11.3 Å². The molecule has 0 fully saturated rings. The number of carboxylic acids is 1. The summed E-state index contributed by atoms with van der Waals surface area (Å²) in [5.74, 6) is -1.83. The number of carbonyl (C=O) groups is 2. The van der Waals surface area contributed by atoms with Crippen LogP contribution in [-0.4, -0.2) is 28.5 Å². The van der Waals surface area contributed by atoms with Gasteiger partial charge in [-0.05, 0) is 18.6 Å². The molecule has 102 valence electrons. The minimum Gasteiger partial charge on any atom is -0.481 e. The van der Waals surface area contributed by atoms with E-state index >= 15 is 0 Å². The molecule has 0 radical (unpaired) electrons. The summed E-state index contributed by atoms with van der Waals surface area (Å²) in [5, 5.41) is 11.8. The highest BCUT2D eigenvalue weighted by Crippen LogP contribution is 2.37. The molecule has 1 amide bonds. The molecule has 1 aliphatic heterocycles. The minimum atomic E-state index is -0.915. The van der Waals surface area contributed by atoms with E-state index in [-0.39, 0.29) is 12.5 Å². The fraction of sp³-hybridized carbons (Fsp3) is 0.214. The average Bonchev–Trinajstić information content (AvgIpc) is 3.02. The van der Waals surface area contributed by atoms with Gasteiger partial charge in [-0.2, -0.15) is 0 Å². The van der Waals surface area contributed by atoms with E-state index in [1.807, 2.05) is 6.92 Å². The maximum absolute atomic E-state index is 12.5. The van der Waals surface area contributed by atoms with Crippen molar-refractivity contribution in [3.8, 4) is 0 Å². The first-order valence-electron chi connectivity index (χ1n) is 6.13. The maximum atomic E-state index is 12.5. The summed E-state index contributed by atoms with van der Waals surface area (Å²) in [6.45, 7) is 1.99. The predicted molar refractivity (Wildman–Crippen MR) is 75.3 cm³/mol. The summed E-state index contributed by atoms with van der Waals surface area (Å²) in [4.78, 5) is 29.5. The Morgan fingerprint density at radius 1 is 1.40 bits per heavy atom. The Morgan fingerprint density at radius 3 is 2.80 bits per heavy atom. The number of fused-ring (bicyclic) bond motifs is 1. The zero-order valence-electron chi connectivity index (χ0n) is 10.7. The van der Waals surface area contributed by atoms with Crippen molar-refractivity contribution in [2.24, 2.45) is 0 Å². The lowest BCUT2D eigenvalue weighted by molar-refractivity contribution is -0.138. The molecule has 6 heteroatoms. The van der Waals surface area contributed by atoms with Crippen molar-refractivity contribution < 1.29 is 14.7 Å². The number of thiazole rings is 1. The van der Waals surface area contributed by atoms with Gasteiger partial charge in [0, 0.05) is 17.6 Å². The second-order valence-corrected chi connectivity index (χ2v) is 5.68. The van der Waals surface area contributed by atoms with E-state index in [0.29, 0.717) is 16.9 Å². The maximum Gasteiger partial charge on any atom is 0.312 e.